The third kappa shape index (κ3) is 6.74. The summed E-state index contributed by atoms with van der Waals surface area (Å²) in [5, 5.41) is 7.61. The van der Waals surface area contributed by atoms with E-state index in [-0.39, 0.29) is 24.0 Å². The quantitative estimate of drug-likeness (QED) is 0.406. The number of hydrogen-bond donors (Lipinski definition) is 2. The summed E-state index contributed by atoms with van der Waals surface area (Å²) in [6.07, 6.45) is 1.89. The summed E-state index contributed by atoms with van der Waals surface area (Å²) < 4.78 is 5.23. The molecule has 1 aromatic carbocycles. The van der Waals surface area contributed by atoms with Gasteiger partial charge in [0, 0.05) is 17.6 Å². The van der Waals surface area contributed by atoms with Crippen LogP contribution in [0.3, 0.4) is 0 Å². The van der Waals surface area contributed by atoms with Crippen molar-refractivity contribution in [2.75, 3.05) is 13.7 Å². The predicted octanol–water partition coefficient (Wildman–Crippen LogP) is 3.33. The fourth-order valence-corrected chi connectivity index (χ4v) is 2.65. The molecule has 5 nitrogen and oxygen atoms in total. The van der Waals surface area contributed by atoms with E-state index in [1.54, 1.807) is 18.4 Å². The molecule has 1 heterocycles. The van der Waals surface area contributed by atoms with E-state index in [1.807, 2.05) is 30.5 Å². The molecule has 2 aromatic rings. The first-order chi connectivity index (χ1) is 10.7. The first kappa shape index (κ1) is 19.7. The molecule has 0 unspecified atom stereocenters. The average Bonchev–Trinajstić information content (AvgIpc) is 2.96. The molecule has 23 heavy (non-hydrogen) atoms. The minimum atomic E-state index is 0. The normalized spacial score (nSPS) is 10.8. The SMILES string of the molecule is CCNC(=NCc1cccc(OC)c1)NCc1ncc(C)s1.I. The highest BCUT2D eigenvalue weighted by Gasteiger charge is 2.02. The third-order valence-corrected chi connectivity index (χ3v) is 3.89. The zero-order valence-corrected chi connectivity index (χ0v) is 16.8. The molecule has 0 saturated carbocycles. The van der Waals surface area contributed by atoms with Gasteiger partial charge < -0.3 is 15.4 Å². The van der Waals surface area contributed by atoms with Gasteiger partial charge in [0.2, 0.25) is 0 Å². The Labute approximate surface area is 158 Å². The van der Waals surface area contributed by atoms with Crippen LogP contribution in [0.1, 0.15) is 22.4 Å². The zero-order valence-electron chi connectivity index (χ0n) is 13.6. The Bertz CT molecular complexity index is 630. The van der Waals surface area contributed by atoms with Crippen LogP contribution < -0.4 is 15.4 Å². The average molecular weight is 446 g/mol. The molecule has 0 bridgehead atoms. The summed E-state index contributed by atoms with van der Waals surface area (Å²) in [7, 11) is 1.67. The van der Waals surface area contributed by atoms with Gasteiger partial charge >= 0.3 is 0 Å². The number of aliphatic imine (C=N–C) groups is 1. The summed E-state index contributed by atoms with van der Waals surface area (Å²) in [5.74, 6) is 1.64. The molecule has 2 rings (SSSR count). The molecule has 0 radical (unpaired) electrons. The lowest BCUT2D eigenvalue weighted by molar-refractivity contribution is 0.414. The van der Waals surface area contributed by atoms with Crippen LogP contribution in [0.15, 0.2) is 35.5 Å². The maximum atomic E-state index is 5.23. The minimum absolute atomic E-state index is 0. The van der Waals surface area contributed by atoms with Gasteiger partial charge in [-0.3, -0.25) is 0 Å². The number of ether oxygens (including phenoxy) is 1. The van der Waals surface area contributed by atoms with Gasteiger partial charge in [-0.15, -0.1) is 35.3 Å². The van der Waals surface area contributed by atoms with E-state index in [0.717, 1.165) is 28.8 Å². The molecule has 2 N–H and O–H groups in total. The largest absolute Gasteiger partial charge is 0.497 e. The van der Waals surface area contributed by atoms with Gasteiger partial charge in [-0.1, -0.05) is 12.1 Å². The molecular formula is C16H23IN4OS. The second-order valence-electron chi connectivity index (χ2n) is 4.76. The minimum Gasteiger partial charge on any atom is -0.497 e. The molecule has 0 fully saturated rings. The smallest absolute Gasteiger partial charge is 0.191 e. The van der Waals surface area contributed by atoms with Crippen molar-refractivity contribution in [3.05, 3.63) is 45.9 Å². The standard InChI is InChI=1S/C16H22N4OS.HI/c1-4-17-16(20-11-15-18-9-12(2)22-15)19-10-13-6-5-7-14(8-13)21-3;/h5-9H,4,10-11H2,1-3H3,(H2,17,19,20);1H. The number of methoxy groups -OCH3 is 1. The monoisotopic (exact) mass is 446 g/mol. The van der Waals surface area contributed by atoms with Crippen molar-refractivity contribution < 1.29 is 4.74 Å². The van der Waals surface area contributed by atoms with Crippen molar-refractivity contribution >= 4 is 41.3 Å². The number of hydrogen-bond acceptors (Lipinski definition) is 4. The third-order valence-electron chi connectivity index (χ3n) is 2.97. The Balaban J connectivity index is 0.00000264. The molecule has 0 spiro atoms. The van der Waals surface area contributed by atoms with Crippen molar-refractivity contribution in [3.63, 3.8) is 0 Å². The lowest BCUT2D eigenvalue weighted by atomic mass is 10.2. The molecular weight excluding hydrogens is 423 g/mol. The molecule has 0 atom stereocenters. The Kier molecular flexibility index (Phi) is 8.93. The van der Waals surface area contributed by atoms with Crippen LogP contribution in [-0.4, -0.2) is 24.6 Å². The van der Waals surface area contributed by atoms with Gasteiger partial charge in [0.05, 0.1) is 20.2 Å². The number of nitrogens with zero attached hydrogens (tertiary/aromatic N) is 2. The van der Waals surface area contributed by atoms with Gasteiger partial charge in [0.1, 0.15) is 10.8 Å². The Morgan fingerprint density at radius 2 is 2.17 bits per heavy atom. The van der Waals surface area contributed by atoms with E-state index in [1.165, 1.54) is 4.88 Å². The number of benzene rings is 1. The Morgan fingerprint density at radius 1 is 1.35 bits per heavy atom. The maximum Gasteiger partial charge on any atom is 0.191 e. The van der Waals surface area contributed by atoms with Gasteiger partial charge in [-0.05, 0) is 31.5 Å². The fourth-order valence-electron chi connectivity index (χ4n) is 1.93. The van der Waals surface area contributed by atoms with Gasteiger partial charge in [-0.25, -0.2) is 9.98 Å². The van der Waals surface area contributed by atoms with E-state index >= 15 is 0 Å². The number of thiazole rings is 1. The summed E-state index contributed by atoms with van der Waals surface area (Å²) >= 11 is 1.69. The van der Waals surface area contributed by atoms with Crippen molar-refractivity contribution in [2.24, 2.45) is 4.99 Å². The number of nitrogens with one attached hydrogen (secondary N) is 2. The number of rotatable bonds is 6. The van der Waals surface area contributed by atoms with Gasteiger partial charge in [0.15, 0.2) is 5.96 Å². The first-order valence-electron chi connectivity index (χ1n) is 7.27. The topological polar surface area (TPSA) is 58.5 Å². The Morgan fingerprint density at radius 3 is 2.83 bits per heavy atom. The number of aromatic nitrogens is 1. The molecule has 0 aliphatic rings. The summed E-state index contributed by atoms with van der Waals surface area (Å²) in [4.78, 5) is 10.2. The maximum absolute atomic E-state index is 5.23. The predicted molar refractivity (Wildman–Crippen MR) is 107 cm³/mol. The van der Waals surface area contributed by atoms with Crippen LogP contribution in [0, 0.1) is 6.92 Å². The van der Waals surface area contributed by atoms with E-state index in [0.29, 0.717) is 13.1 Å². The van der Waals surface area contributed by atoms with Gasteiger partial charge in [0.25, 0.3) is 0 Å². The summed E-state index contributed by atoms with van der Waals surface area (Å²) in [5.41, 5.74) is 1.11. The summed E-state index contributed by atoms with van der Waals surface area (Å²) in [6, 6.07) is 7.95. The van der Waals surface area contributed by atoms with E-state index in [4.69, 9.17) is 4.74 Å². The van der Waals surface area contributed by atoms with Crippen molar-refractivity contribution in [2.45, 2.75) is 26.9 Å². The second-order valence-corrected chi connectivity index (χ2v) is 6.08. The molecule has 0 aliphatic heterocycles. The lowest BCUT2D eigenvalue weighted by Crippen LogP contribution is -2.36. The fraction of sp³-hybridized carbons (Fsp3) is 0.375. The van der Waals surface area contributed by atoms with E-state index < -0.39 is 0 Å². The molecule has 0 aliphatic carbocycles. The van der Waals surface area contributed by atoms with Crippen molar-refractivity contribution in [3.8, 4) is 5.75 Å². The first-order valence-corrected chi connectivity index (χ1v) is 8.09. The molecule has 0 saturated heterocycles. The van der Waals surface area contributed by atoms with Crippen LogP contribution in [0.5, 0.6) is 5.75 Å². The van der Waals surface area contributed by atoms with Crippen LogP contribution >= 0.6 is 35.3 Å². The molecule has 7 heteroatoms. The van der Waals surface area contributed by atoms with Crippen molar-refractivity contribution in [1.82, 2.24) is 15.6 Å². The highest BCUT2D eigenvalue weighted by atomic mass is 127. The molecule has 126 valence electrons. The van der Waals surface area contributed by atoms with Crippen LogP contribution in [0.2, 0.25) is 0 Å². The lowest BCUT2D eigenvalue weighted by Gasteiger charge is -2.10. The van der Waals surface area contributed by atoms with E-state index in [9.17, 15) is 0 Å². The van der Waals surface area contributed by atoms with Crippen LogP contribution in [-0.2, 0) is 13.1 Å². The van der Waals surface area contributed by atoms with Crippen LogP contribution in [0.4, 0.5) is 0 Å². The number of guanidine groups is 1. The number of halogens is 1. The molecule has 1 aromatic heterocycles. The van der Waals surface area contributed by atoms with E-state index in [2.05, 4.69) is 34.5 Å². The zero-order chi connectivity index (χ0) is 15.8. The van der Waals surface area contributed by atoms with Gasteiger partial charge in [-0.2, -0.15) is 0 Å². The Hall–Kier alpha value is -1.35. The summed E-state index contributed by atoms with van der Waals surface area (Å²) in [6.45, 7) is 6.21. The molecule has 0 amide bonds. The number of aryl methyl sites for hydroxylation is 1. The highest BCUT2D eigenvalue weighted by molar-refractivity contribution is 14.0. The van der Waals surface area contributed by atoms with Crippen molar-refractivity contribution in [1.29, 1.82) is 0 Å². The van der Waals surface area contributed by atoms with Crippen LogP contribution in [0.25, 0.3) is 0 Å². The highest BCUT2D eigenvalue weighted by Crippen LogP contribution is 2.13. The second kappa shape index (κ2) is 10.4.